The number of rotatable bonds is 29. The van der Waals surface area contributed by atoms with Gasteiger partial charge in [0.05, 0.1) is 0 Å². The van der Waals surface area contributed by atoms with E-state index in [4.69, 9.17) is 9.47 Å². The lowest BCUT2D eigenvalue weighted by Gasteiger charge is -2.12. The van der Waals surface area contributed by atoms with Crippen LogP contribution in [-0.2, 0) is 19.1 Å². The molecule has 5 nitrogen and oxygen atoms in total. The van der Waals surface area contributed by atoms with Gasteiger partial charge in [0.15, 0.2) is 0 Å². The molecule has 2 atom stereocenters. The molecular weight excluding hydrogens is 488 g/mol. The molecule has 0 aromatic heterocycles. The highest BCUT2D eigenvalue weighted by atomic mass is 16.6. The van der Waals surface area contributed by atoms with E-state index in [1.807, 2.05) is 0 Å². The molecule has 0 saturated carbocycles. The van der Waals surface area contributed by atoms with Crippen LogP contribution in [-0.4, -0.2) is 36.4 Å². The van der Waals surface area contributed by atoms with Crippen molar-refractivity contribution >= 4 is 11.9 Å². The zero-order chi connectivity index (χ0) is 29.0. The maximum atomic E-state index is 11.9. The smallest absolute Gasteiger partial charge is 0.305 e. The SMILES string of the molecule is CCC(C)CCCCCCCCC(=O)OC[C@H](O)COC(=O)CCCCCCCCCCCCCCC(C)C. The molecule has 0 aromatic carbocycles. The minimum absolute atomic E-state index is 0.111. The van der Waals surface area contributed by atoms with Gasteiger partial charge in [-0.3, -0.25) is 9.59 Å². The average molecular weight is 555 g/mol. The first-order valence-electron chi connectivity index (χ1n) is 16.8. The largest absolute Gasteiger partial charge is 0.463 e. The van der Waals surface area contributed by atoms with Gasteiger partial charge in [0.2, 0.25) is 0 Å². The van der Waals surface area contributed by atoms with Crippen molar-refractivity contribution in [2.45, 2.75) is 181 Å². The van der Waals surface area contributed by atoms with Crippen LogP contribution in [0.3, 0.4) is 0 Å². The Labute approximate surface area is 242 Å². The summed E-state index contributed by atoms with van der Waals surface area (Å²) in [6.45, 7) is 8.95. The fraction of sp³-hybridized carbons (Fsp3) is 0.941. The molecule has 0 rings (SSSR count). The van der Waals surface area contributed by atoms with Crippen molar-refractivity contribution in [2.24, 2.45) is 11.8 Å². The second-order valence-electron chi connectivity index (χ2n) is 12.4. The molecule has 232 valence electrons. The van der Waals surface area contributed by atoms with E-state index in [9.17, 15) is 14.7 Å². The van der Waals surface area contributed by atoms with Crippen molar-refractivity contribution in [3.63, 3.8) is 0 Å². The molecule has 0 aliphatic carbocycles. The maximum absolute atomic E-state index is 11.9. The van der Waals surface area contributed by atoms with E-state index in [2.05, 4.69) is 27.7 Å². The van der Waals surface area contributed by atoms with Crippen LogP contribution in [0.4, 0.5) is 0 Å². The highest BCUT2D eigenvalue weighted by molar-refractivity contribution is 5.69. The highest BCUT2D eigenvalue weighted by Crippen LogP contribution is 2.16. The number of aliphatic hydroxyl groups is 1. The van der Waals surface area contributed by atoms with Crippen LogP contribution < -0.4 is 0 Å². The molecule has 39 heavy (non-hydrogen) atoms. The molecule has 0 aromatic rings. The van der Waals surface area contributed by atoms with Crippen molar-refractivity contribution < 1.29 is 24.2 Å². The van der Waals surface area contributed by atoms with Crippen molar-refractivity contribution in [2.75, 3.05) is 13.2 Å². The van der Waals surface area contributed by atoms with Gasteiger partial charge in [-0.2, -0.15) is 0 Å². The first-order valence-corrected chi connectivity index (χ1v) is 16.8. The lowest BCUT2D eigenvalue weighted by molar-refractivity contribution is -0.152. The summed E-state index contributed by atoms with van der Waals surface area (Å²) in [4.78, 5) is 23.8. The van der Waals surface area contributed by atoms with Crippen LogP contribution in [0.15, 0.2) is 0 Å². The summed E-state index contributed by atoms with van der Waals surface area (Å²) in [6, 6.07) is 0. The predicted octanol–water partition coefficient (Wildman–Crippen LogP) is 9.72. The minimum Gasteiger partial charge on any atom is -0.463 e. The van der Waals surface area contributed by atoms with Crippen molar-refractivity contribution in [1.29, 1.82) is 0 Å². The van der Waals surface area contributed by atoms with Crippen LogP contribution in [0.25, 0.3) is 0 Å². The Hall–Kier alpha value is -1.10. The molecule has 5 heteroatoms. The third kappa shape index (κ3) is 29.7. The summed E-state index contributed by atoms with van der Waals surface area (Å²) in [5.74, 6) is 1.11. The Morgan fingerprint density at radius 2 is 0.872 bits per heavy atom. The molecule has 1 N–H and O–H groups in total. The molecule has 1 unspecified atom stereocenters. The van der Waals surface area contributed by atoms with Gasteiger partial charge in [0, 0.05) is 12.8 Å². The van der Waals surface area contributed by atoms with E-state index in [1.54, 1.807) is 0 Å². The normalized spacial score (nSPS) is 13.0. The van der Waals surface area contributed by atoms with Crippen LogP contribution in [0.5, 0.6) is 0 Å². The van der Waals surface area contributed by atoms with Crippen LogP contribution in [0.1, 0.15) is 175 Å². The first-order chi connectivity index (χ1) is 18.8. The summed E-state index contributed by atoms with van der Waals surface area (Å²) in [7, 11) is 0. The Bertz CT molecular complexity index is 548. The zero-order valence-electron chi connectivity index (χ0n) is 26.5. The second-order valence-corrected chi connectivity index (χ2v) is 12.4. The van der Waals surface area contributed by atoms with Crippen LogP contribution in [0, 0.1) is 11.8 Å². The van der Waals surface area contributed by atoms with E-state index in [-0.39, 0.29) is 25.2 Å². The fourth-order valence-corrected chi connectivity index (χ4v) is 4.83. The minimum atomic E-state index is -0.955. The molecule has 0 aliphatic heterocycles. The second kappa shape index (κ2) is 28.4. The number of esters is 2. The summed E-state index contributed by atoms with van der Waals surface area (Å²) < 4.78 is 10.3. The Balaban J connectivity index is 3.42. The molecule has 0 spiro atoms. The number of carbonyl (C=O) groups is 2. The maximum Gasteiger partial charge on any atom is 0.305 e. The quantitative estimate of drug-likeness (QED) is 0.0736. The van der Waals surface area contributed by atoms with E-state index >= 15 is 0 Å². The third-order valence-electron chi connectivity index (χ3n) is 7.81. The van der Waals surface area contributed by atoms with E-state index in [1.165, 1.54) is 103 Å². The number of unbranched alkanes of at least 4 members (excludes halogenated alkanes) is 16. The molecule has 0 saturated heterocycles. The fourth-order valence-electron chi connectivity index (χ4n) is 4.83. The molecule has 0 bridgehead atoms. The Kier molecular flexibility index (Phi) is 27.6. The number of ether oxygens (including phenoxy) is 2. The van der Waals surface area contributed by atoms with Gasteiger partial charge in [-0.25, -0.2) is 0 Å². The summed E-state index contributed by atoms with van der Waals surface area (Å²) in [5, 5.41) is 9.95. The highest BCUT2D eigenvalue weighted by Gasteiger charge is 2.12. The molecule has 0 amide bonds. The van der Waals surface area contributed by atoms with Crippen LogP contribution >= 0.6 is 0 Å². The average Bonchev–Trinajstić information content (AvgIpc) is 2.91. The van der Waals surface area contributed by atoms with E-state index < -0.39 is 6.10 Å². The number of aliphatic hydroxyl groups excluding tert-OH is 1. The number of carbonyl (C=O) groups excluding carboxylic acids is 2. The van der Waals surface area contributed by atoms with Gasteiger partial charge in [-0.1, -0.05) is 150 Å². The predicted molar refractivity (Wildman–Crippen MR) is 164 cm³/mol. The molecule has 0 aliphatic rings. The summed E-state index contributed by atoms with van der Waals surface area (Å²) in [6.07, 6.45) is 25.8. The molecule has 0 fully saturated rings. The van der Waals surface area contributed by atoms with Gasteiger partial charge in [0.1, 0.15) is 19.3 Å². The lowest BCUT2D eigenvalue weighted by Crippen LogP contribution is -2.25. The van der Waals surface area contributed by atoms with Gasteiger partial charge in [-0.15, -0.1) is 0 Å². The molecule has 0 heterocycles. The van der Waals surface area contributed by atoms with Gasteiger partial charge >= 0.3 is 11.9 Å². The summed E-state index contributed by atoms with van der Waals surface area (Å²) >= 11 is 0. The lowest BCUT2D eigenvalue weighted by atomic mass is 10.00. The topological polar surface area (TPSA) is 72.8 Å². The van der Waals surface area contributed by atoms with Crippen molar-refractivity contribution in [3.8, 4) is 0 Å². The Morgan fingerprint density at radius 3 is 1.23 bits per heavy atom. The van der Waals surface area contributed by atoms with Gasteiger partial charge in [0.25, 0.3) is 0 Å². The van der Waals surface area contributed by atoms with E-state index in [0.29, 0.717) is 12.8 Å². The number of hydrogen-bond donors (Lipinski definition) is 1. The zero-order valence-corrected chi connectivity index (χ0v) is 26.5. The third-order valence-corrected chi connectivity index (χ3v) is 7.81. The number of hydrogen-bond acceptors (Lipinski definition) is 5. The van der Waals surface area contributed by atoms with Gasteiger partial charge in [-0.05, 0) is 24.7 Å². The monoisotopic (exact) mass is 554 g/mol. The van der Waals surface area contributed by atoms with Crippen molar-refractivity contribution in [1.82, 2.24) is 0 Å². The molecule has 0 radical (unpaired) electrons. The van der Waals surface area contributed by atoms with Crippen LogP contribution in [0.2, 0.25) is 0 Å². The summed E-state index contributed by atoms with van der Waals surface area (Å²) in [5.41, 5.74) is 0. The van der Waals surface area contributed by atoms with Crippen molar-refractivity contribution in [3.05, 3.63) is 0 Å². The first kappa shape index (κ1) is 37.9. The van der Waals surface area contributed by atoms with E-state index in [0.717, 1.165) is 43.9 Å². The molecular formula is C34H66O5. The Morgan fingerprint density at radius 1 is 0.538 bits per heavy atom. The standard InChI is InChI=1S/C34H66O5/c1-5-31(4)25-21-17-14-15-19-23-27-34(37)39-29-32(35)28-38-33(36)26-22-18-13-11-9-7-6-8-10-12-16-20-24-30(2)3/h30-32,35H,5-29H2,1-4H3/t31?,32-/m1/s1. The van der Waals surface area contributed by atoms with Gasteiger partial charge < -0.3 is 14.6 Å².